The summed E-state index contributed by atoms with van der Waals surface area (Å²) in [5.74, 6) is -0.946. The number of morpholine rings is 1. The summed E-state index contributed by atoms with van der Waals surface area (Å²) in [4.78, 5) is 12.4. The summed E-state index contributed by atoms with van der Waals surface area (Å²) in [5.41, 5.74) is 0.455. The SMILES string of the molecule is O=C(Nc1ccc(OC(F)(F)F)cc1)c1ccc(S(=O)(=O)N2CCOCC2)cc1. The maximum atomic E-state index is 12.6. The zero-order valence-electron chi connectivity index (χ0n) is 15.0. The van der Waals surface area contributed by atoms with Crippen LogP contribution in [0.1, 0.15) is 10.4 Å². The summed E-state index contributed by atoms with van der Waals surface area (Å²) in [7, 11) is -3.67. The Morgan fingerprint density at radius 2 is 1.59 bits per heavy atom. The summed E-state index contributed by atoms with van der Waals surface area (Å²) in [6.07, 6.45) is -4.80. The number of carbonyl (C=O) groups is 1. The topological polar surface area (TPSA) is 84.9 Å². The van der Waals surface area contributed by atoms with Crippen molar-refractivity contribution in [2.75, 3.05) is 31.6 Å². The standard InChI is InChI=1S/C18H17F3N2O5S/c19-18(20,21)28-15-5-3-14(4-6-15)22-17(24)13-1-7-16(8-2-13)29(25,26)23-9-11-27-12-10-23/h1-8H,9-12H2,(H,22,24). The second-order valence-electron chi connectivity index (χ2n) is 6.07. The first-order chi connectivity index (χ1) is 13.6. The number of sulfonamides is 1. The van der Waals surface area contributed by atoms with E-state index in [4.69, 9.17) is 4.74 Å². The molecule has 0 aromatic heterocycles. The summed E-state index contributed by atoms with van der Waals surface area (Å²) >= 11 is 0. The van der Waals surface area contributed by atoms with E-state index in [1.807, 2.05) is 0 Å². The van der Waals surface area contributed by atoms with Crippen molar-refractivity contribution in [3.05, 3.63) is 54.1 Å². The van der Waals surface area contributed by atoms with Crippen molar-refractivity contribution in [3.8, 4) is 5.75 Å². The highest BCUT2D eigenvalue weighted by Gasteiger charge is 2.31. The van der Waals surface area contributed by atoms with E-state index in [1.165, 1.54) is 40.7 Å². The van der Waals surface area contributed by atoms with Crippen LogP contribution < -0.4 is 10.1 Å². The summed E-state index contributed by atoms with van der Waals surface area (Å²) in [5, 5.41) is 2.52. The summed E-state index contributed by atoms with van der Waals surface area (Å²) in [6, 6.07) is 10.1. The largest absolute Gasteiger partial charge is 0.573 e. The van der Waals surface area contributed by atoms with Gasteiger partial charge in [0.1, 0.15) is 5.75 Å². The van der Waals surface area contributed by atoms with Crippen molar-refractivity contribution in [1.82, 2.24) is 4.31 Å². The lowest BCUT2D eigenvalue weighted by atomic mass is 10.2. The van der Waals surface area contributed by atoms with Gasteiger partial charge >= 0.3 is 6.36 Å². The Labute approximate surface area is 165 Å². The van der Waals surface area contributed by atoms with Crippen LogP contribution in [0.5, 0.6) is 5.75 Å². The Kier molecular flexibility index (Phi) is 6.10. The minimum absolute atomic E-state index is 0.0598. The number of carbonyl (C=O) groups excluding carboxylic acids is 1. The first-order valence-electron chi connectivity index (χ1n) is 8.50. The van der Waals surface area contributed by atoms with Gasteiger partial charge in [0.2, 0.25) is 10.0 Å². The molecule has 2 aromatic rings. The highest BCUT2D eigenvalue weighted by molar-refractivity contribution is 7.89. The Hall–Kier alpha value is -2.63. The quantitative estimate of drug-likeness (QED) is 0.789. The van der Waals surface area contributed by atoms with Crippen LogP contribution in [-0.4, -0.2) is 51.3 Å². The fraction of sp³-hybridized carbons (Fsp3) is 0.278. The van der Waals surface area contributed by atoms with Gasteiger partial charge in [0, 0.05) is 24.3 Å². The van der Waals surface area contributed by atoms with Crippen molar-refractivity contribution >= 4 is 21.6 Å². The molecule has 1 N–H and O–H groups in total. The van der Waals surface area contributed by atoms with Gasteiger partial charge in [-0.25, -0.2) is 8.42 Å². The lowest BCUT2D eigenvalue weighted by Gasteiger charge is -2.26. The molecule has 1 aliphatic rings. The van der Waals surface area contributed by atoms with Crippen molar-refractivity contribution in [2.45, 2.75) is 11.3 Å². The van der Waals surface area contributed by atoms with Gasteiger partial charge in [0.25, 0.3) is 5.91 Å². The third-order valence-corrected chi connectivity index (χ3v) is 5.98. The number of benzene rings is 2. The fourth-order valence-electron chi connectivity index (χ4n) is 2.66. The van der Waals surface area contributed by atoms with Crippen LogP contribution in [0.2, 0.25) is 0 Å². The van der Waals surface area contributed by atoms with Crippen LogP contribution in [-0.2, 0) is 14.8 Å². The van der Waals surface area contributed by atoms with E-state index in [9.17, 15) is 26.4 Å². The van der Waals surface area contributed by atoms with E-state index in [1.54, 1.807) is 0 Å². The maximum Gasteiger partial charge on any atom is 0.573 e. The second kappa shape index (κ2) is 8.39. The lowest BCUT2D eigenvalue weighted by molar-refractivity contribution is -0.274. The van der Waals surface area contributed by atoms with Crippen molar-refractivity contribution in [2.24, 2.45) is 0 Å². The average Bonchev–Trinajstić information content (AvgIpc) is 2.69. The predicted octanol–water partition coefficient (Wildman–Crippen LogP) is 2.86. The molecule has 1 heterocycles. The molecule has 0 bridgehead atoms. The van der Waals surface area contributed by atoms with Gasteiger partial charge in [-0.1, -0.05) is 0 Å². The number of hydrogen-bond donors (Lipinski definition) is 1. The first-order valence-corrected chi connectivity index (χ1v) is 9.94. The van der Waals surface area contributed by atoms with Crippen molar-refractivity contribution in [1.29, 1.82) is 0 Å². The zero-order chi connectivity index (χ0) is 21.1. The van der Waals surface area contributed by atoms with Gasteiger partial charge in [-0.05, 0) is 48.5 Å². The maximum absolute atomic E-state index is 12.6. The molecule has 0 radical (unpaired) electrons. The van der Waals surface area contributed by atoms with Gasteiger partial charge in [0.15, 0.2) is 0 Å². The molecule has 0 aliphatic carbocycles. The van der Waals surface area contributed by atoms with Gasteiger partial charge in [0.05, 0.1) is 18.1 Å². The normalized spacial score (nSPS) is 15.7. The fourth-order valence-corrected chi connectivity index (χ4v) is 4.07. The number of hydrogen-bond acceptors (Lipinski definition) is 5. The molecule has 1 fully saturated rings. The van der Waals surface area contributed by atoms with Crippen LogP contribution in [0.15, 0.2) is 53.4 Å². The van der Waals surface area contributed by atoms with Crippen LogP contribution in [0.4, 0.5) is 18.9 Å². The van der Waals surface area contributed by atoms with E-state index in [0.29, 0.717) is 13.2 Å². The molecular formula is C18H17F3N2O5S. The average molecular weight is 430 g/mol. The Morgan fingerprint density at radius 1 is 1.00 bits per heavy atom. The van der Waals surface area contributed by atoms with Crippen molar-refractivity contribution in [3.63, 3.8) is 0 Å². The molecule has 1 amide bonds. The minimum atomic E-state index is -4.80. The van der Waals surface area contributed by atoms with E-state index < -0.39 is 28.0 Å². The molecule has 29 heavy (non-hydrogen) atoms. The van der Waals surface area contributed by atoms with Gasteiger partial charge < -0.3 is 14.8 Å². The molecule has 7 nitrogen and oxygen atoms in total. The number of halogens is 3. The molecule has 11 heteroatoms. The molecule has 1 saturated heterocycles. The summed E-state index contributed by atoms with van der Waals surface area (Å²) in [6.45, 7) is 1.18. The molecule has 0 atom stereocenters. The number of rotatable bonds is 5. The first kappa shape index (κ1) is 21.1. The number of alkyl halides is 3. The van der Waals surface area contributed by atoms with Gasteiger partial charge in [-0.3, -0.25) is 4.79 Å². The predicted molar refractivity (Wildman–Crippen MR) is 97.1 cm³/mol. The monoisotopic (exact) mass is 430 g/mol. The van der Waals surface area contributed by atoms with E-state index in [2.05, 4.69) is 10.1 Å². The highest BCUT2D eigenvalue weighted by atomic mass is 32.2. The molecule has 0 saturated carbocycles. The Balaban J connectivity index is 1.66. The van der Waals surface area contributed by atoms with E-state index in [-0.39, 0.29) is 29.2 Å². The minimum Gasteiger partial charge on any atom is -0.406 e. The zero-order valence-corrected chi connectivity index (χ0v) is 15.8. The van der Waals surface area contributed by atoms with Crippen LogP contribution in [0.25, 0.3) is 0 Å². The van der Waals surface area contributed by atoms with E-state index >= 15 is 0 Å². The molecule has 1 aliphatic heterocycles. The number of anilines is 1. The van der Waals surface area contributed by atoms with Crippen LogP contribution in [0.3, 0.4) is 0 Å². The molecule has 2 aromatic carbocycles. The van der Waals surface area contributed by atoms with Gasteiger partial charge in [-0.2, -0.15) is 4.31 Å². The molecule has 0 spiro atoms. The Bertz CT molecular complexity index is 954. The lowest BCUT2D eigenvalue weighted by Crippen LogP contribution is -2.40. The molecule has 0 unspecified atom stereocenters. The second-order valence-corrected chi connectivity index (χ2v) is 8.01. The number of amides is 1. The Morgan fingerprint density at radius 3 is 2.14 bits per heavy atom. The third-order valence-electron chi connectivity index (χ3n) is 4.07. The third kappa shape index (κ3) is 5.46. The number of ether oxygens (including phenoxy) is 2. The van der Waals surface area contributed by atoms with Gasteiger partial charge in [-0.15, -0.1) is 13.2 Å². The smallest absolute Gasteiger partial charge is 0.406 e. The molecule has 156 valence electrons. The highest BCUT2D eigenvalue weighted by Crippen LogP contribution is 2.24. The van der Waals surface area contributed by atoms with Crippen LogP contribution >= 0.6 is 0 Å². The number of nitrogens with one attached hydrogen (secondary N) is 1. The van der Waals surface area contributed by atoms with E-state index in [0.717, 1.165) is 12.1 Å². The molecular weight excluding hydrogens is 413 g/mol. The van der Waals surface area contributed by atoms with Crippen molar-refractivity contribution < 1.29 is 35.9 Å². The number of nitrogens with zero attached hydrogens (tertiary/aromatic N) is 1. The molecule has 3 rings (SSSR count). The summed E-state index contributed by atoms with van der Waals surface area (Å²) < 4.78 is 71.9. The van der Waals surface area contributed by atoms with Crippen LogP contribution in [0, 0.1) is 0 Å².